The van der Waals surface area contributed by atoms with Gasteiger partial charge in [0.05, 0.1) is 0 Å². The average Bonchev–Trinajstić information content (AvgIpc) is 2.94. The second-order valence-corrected chi connectivity index (χ2v) is 11.0. The molecule has 1 aliphatic heterocycles. The van der Waals surface area contributed by atoms with Crippen LogP contribution in [0.1, 0.15) is 73.1 Å². The smallest absolute Gasteiger partial charge is 0.358 e. The summed E-state index contributed by atoms with van der Waals surface area (Å²) in [5.74, 6) is 0.739. The zero-order valence-electron chi connectivity index (χ0n) is 17.5. The number of rotatable bonds is 12. The lowest BCUT2D eigenvalue weighted by atomic mass is 10.0. The van der Waals surface area contributed by atoms with Crippen LogP contribution < -0.4 is 0 Å². The molecule has 0 amide bonds. The fraction of sp³-hybridized carbons (Fsp3) is 0.882. The van der Waals surface area contributed by atoms with Gasteiger partial charge in [0.2, 0.25) is 5.02 Å². The van der Waals surface area contributed by atoms with Crippen molar-refractivity contribution in [2.75, 3.05) is 13.1 Å². The van der Waals surface area contributed by atoms with E-state index in [0.29, 0.717) is 19.4 Å². The number of nitrogens with zero attached hydrogens (tertiary/aromatic N) is 2. The summed E-state index contributed by atoms with van der Waals surface area (Å²) >= 11 is 0. The first-order valence-corrected chi connectivity index (χ1v) is 13.2. The van der Waals surface area contributed by atoms with Gasteiger partial charge >= 0.3 is 15.2 Å². The maximum atomic E-state index is 12.5. The topological polar surface area (TPSA) is 131 Å². The molecule has 1 atom stereocenters. The Morgan fingerprint density at radius 1 is 1.04 bits per heavy atom. The second-order valence-electron chi connectivity index (χ2n) is 6.96. The molecule has 0 aromatic rings. The molecule has 0 radical (unpaired) electrons. The van der Waals surface area contributed by atoms with Crippen LogP contribution >= 0.6 is 15.2 Å². The Balaban J connectivity index is 3.57. The molecule has 0 spiro atoms. The number of allylic oxidation sites excluding steroid dienone is 1. The van der Waals surface area contributed by atoms with E-state index in [1.54, 1.807) is 12.0 Å². The van der Waals surface area contributed by atoms with Crippen LogP contribution in [0.25, 0.3) is 0 Å². The third kappa shape index (κ3) is 4.73. The Morgan fingerprint density at radius 2 is 1.61 bits per heavy atom. The van der Waals surface area contributed by atoms with Gasteiger partial charge in [-0.3, -0.25) is 14.0 Å². The van der Waals surface area contributed by atoms with Gasteiger partial charge in [-0.25, -0.2) is 0 Å². The van der Waals surface area contributed by atoms with Crippen LogP contribution in [0.4, 0.5) is 0 Å². The van der Waals surface area contributed by atoms with E-state index in [0.717, 1.165) is 30.6 Å². The molecule has 0 aromatic heterocycles. The van der Waals surface area contributed by atoms with E-state index in [1.165, 1.54) is 11.8 Å². The molecular weight excluding hydrogens is 406 g/mol. The van der Waals surface area contributed by atoms with Crippen LogP contribution in [0.5, 0.6) is 0 Å². The van der Waals surface area contributed by atoms with Gasteiger partial charge in [-0.1, -0.05) is 40.5 Å². The van der Waals surface area contributed by atoms with Crippen LogP contribution in [-0.2, 0) is 14.0 Å². The van der Waals surface area contributed by atoms with Crippen LogP contribution in [-0.4, -0.2) is 53.8 Å². The lowest BCUT2D eigenvalue weighted by molar-refractivity contribution is -0.158. The van der Waals surface area contributed by atoms with E-state index in [4.69, 9.17) is 4.84 Å². The van der Waals surface area contributed by atoms with E-state index in [9.17, 15) is 28.7 Å². The van der Waals surface area contributed by atoms with Crippen LogP contribution in [0.2, 0.25) is 0 Å². The summed E-state index contributed by atoms with van der Waals surface area (Å²) in [4.78, 5) is 47.6. The average molecular weight is 442 g/mol. The van der Waals surface area contributed by atoms with Crippen LogP contribution in [0.3, 0.4) is 0 Å². The highest BCUT2D eigenvalue weighted by atomic mass is 31.2. The van der Waals surface area contributed by atoms with Crippen molar-refractivity contribution in [2.24, 2.45) is 0 Å². The molecule has 0 saturated carbocycles. The van der Waals surface area contributed by atoms with E-state index >= 15 is 0 Å². The summed E-state index contributed by atoms with van der Waals surface area (Å²) in [6.45, 7) is 9.34. The third-order valence-electron chi connectivity index (χ3n) is 5.37. The normalized spacial score (nSPS) is 19.6. The fourth-order valence-corrected chi connectivity index (χ4v) is 7.36. The summed E-state index contributed by atoms with van der Waals surface area (Å²) < 4.78 is 24.9. The predicted molar refractivity (Wildman–Crippen MR) is 108 cm³/mol. The molecular formula is C17H36N2O7P2. The minimum absolute atomic E-state index is 0.0420. The van der Waals surface area contributed by atoms with Gasteiger partial charge in [-0.15, -0.1) is 5.06 Å². The summed E-state index contributed by atoms with van der Waals surface area (Å²) in [5.41, 5.74) is 0.819. The summed E-state index contributed by atoms with van der Waals surface area (Å²) in [6, 6.07) is 0. The number of hydrogen-bond acceptors (Lipinski definition) is 5. The van der Waals surface area contributed by atoms with Gasteiger partial charge in [0.1, 0.15) is 11.9 Å². The minimum Gasteiger partial charge on any atom is -0.409 e. The van der Waals surface area contributed by atoms with Gasteiger partial charge in [0, 0.05) is 18.5 Å². The van der Waals surface area contributed by atoms with Crippen molar-refractivity contribution in [1.82, 2.24) is 9.96 Å². The minimum atomic E-state index is -5.22. The molecule has 0 aromatic carbocycles. The zero-order valence-corrected chi connectivity index (χ0v) is 19.3. The standard InChI is InChI=1S/C17H36N2O7P2/c1-6-11-12-13-15-14(7-2)16(19(10-5)26-15)18(9-4)17(8-3,27(20,21)22)28(23,24)25/h16H,6-13H2,1-5H3,(H2,20,21,22)(H2,23,24,25). The van der Waals surface area contributed by atoms with Gasteiger partial charge < -0.3 is 24.4 Å². The van der Waals surface area contributed by atoms with Crippen molar-refractivity contribution < 1.29 is 33.5 Å². The van der Waals surface area contributed by atoms with Crippen molar-refractivity contribution in [2.45, 2.75) is 84.3 Å². The molecule has 28 heavy (non-hydrogen) atoms. The highest BCUT2D eigenvalue weighted by Crippen LogP contribution is 2.72. The number of hydroxylamine groups is 2. The van der Waals surface area contributed by atoms with E-state index in [2.05, 4.69) is 6.92 Å². The Labute approximate surface area is 168 Å². The first kappa shape index (κ1) is 25.8. The SMILES string of the molecule is CCCCCC1=C(CC)C(N(CC)C(CC)(P(=O)(O)O)P(=O)(O)O)N(CC)O1. The number of likely N-dealkylation sites (N-methyl/N-ethyl adjacent to an activating group) is 2. The molecule has 0 fully saturated rings. The molecule has 0 saturated heterocycles. The van der Waals surface area contributed by atoms with E-state index in [1.807, 2.05) is 13.8 Å². The fourth-order valence-electron chi connectivity index (χ4n) is 4.01. The molecule has 1 aliphatic rings. The van der Waals surface area contributed by atoms with Gasteiger partial charge in [0.15, 0.2) is 0 Å². The van der Waals surface area contributed by atoms with Crippen molar-refractivity contribution in [3.05, 3.63) is 11.3 Å². The van der Waals surface area contributed by atoms with Gasteiger partial charge in [0.25, 0.3) is 0 Å². The highest BCUT2D eigenvalue weighted by molar-refractivity contribution is 7.72. The molecule has 1 rings (SSSR count). The lowest BCUT2D eigenvalue weighted by Gasteiger charge is -2.47. The van der Waals surface area contributed by atoms with Crippen molar-refractivity contribution in [1.29, 1.82) is 0 Å². The first-order valence-electron chi connectivity index (χ1n) is 10.0. The summed E-state index contributed by atoms with van der Waals surface area (Å²) in [7, 11) is -10.4. The predicted octanol–water partition coefficient (Wildman–Crippen LogP) is 3.57. The monoisotopic (exact) mass is 442 g/mol. The molecule has 166 valence electrons. The third-order valence-corrected chi connectivity index (χ3v) is 9.95. The highest BCUT2D eigenvalue weighted by Gasteiger charge is 2.65. The molecule has 4 N–H and O–H groups in total. The van der Waals surface area contributed by atoms with Crippen LogP contribution in [0, 0.1) is 0 Å². The molecule has 9 nitrogen and oxygen atoms in total. The maximum Gasteiger partial charge on any atom is 0.358 e. The second kappa shape index (κ2) is 10.2. The molecule has 0 bridgehead atoms. The molecule has 1 unspecified atom stereocenters. The van der Waals surface area contributed by atoms with Gasteiger partial charge in [-0.05, 0) is 32.7 Å². The summed E-state index contributed by atoms with van der Waals surface area (Å²) in [5, 5.41) is -1.03. The largest absolute Gasteiger partial charge is 0.409 e. The van der Waals surface area contributed by atoms with E-state index < -0.39 is 32.8 Å². The number of unbranched alkanes of at least 4 members (excludes halogenated alkanes) is 2. The van der Waals surface area contributed by atoms with Crippen molar-refractivity contribution >= 4 is 15.2 Å². The Kier molecular flexibility index (Phi) is 9.38. The van der Waals surface area contributed by atoms with Gasteiger partial charge in [-0.2, -0.15) is 0 Å². The first-order chi connectivity index (χ1) is 13.0. The van der Waals surface area contributed by atoms with E-state index in [-0.39, 0.29) is 6.54 Å². The summed E-state index contributed by atoms with van der Waals surface area (Å²) in [6.07, 6.45) is 3.10. The van der Waals surface area contributed by atoms with Crippen LogP contribution in [0.15, 0.2) is 11.3 Å². The molecule has 0 aliphatic carbocycles. The zero-order chi connectivity index (χ0) is 21.8. The quantitative estimate of drug-likeness (QED) is 0.265. The van der Waals surface area contributed by atoms with Crippen molar-refractivity contribution in [3.63, 3.8) is 0 Å². The molecule has 11 heteroatoms. The Bertz CT molecular complexity index is 621. The van der Waals surface area contributed by atoms with Crippen molar-refractivity contribution in [3.8, 4) is 0 Å². The Morgan fingerprint density at radius 3 is 1.96 bits per heavy atom. The maximum absolute atomic E-state index is 12.5. The lowest BCUT2D eigenvalue weighted by Crippen LogP contribution is -2.57. The number of hydrogen-bond donors (Lipinski definition) is 4. The Hall–Kier alpha value is -0.240. The molecule has 1 heterocycles.